The van der Waals surface area contributed by atoms with Crippen molar-refractivity contribution >= 4 is 0 Å². The molecule has 0 aliphatic heterocycles. The Balaban J connectivity index is 2.39. The van der Waals surface area contributed by atoms with Gasteiger partial charge in [0, 0.05) is 18.6 Å². The largest absolute Gasteiger partial charge is 0.327 e. The smallest absolute Gasteiger partial charge is 0.0292 e. The zero-order valence-corrected chi connectivity index (χ0v) is 9.03. The van der Waals surface area contributed by atoms with Crippen molar-refractivity contribution < 1.29 is 0 Å². The first-order valence-electron chi connectivity index (χ1n) is 5.28. The number of nitrogens with one attached hydrogen (secondary N) is 1. The first-order chi connectivity index (χ1) is 6.74. The van der Waals surface area contributed by atoms with Crippen molar-refractivity contribution in [1.82, 2.24) is 5.32 Å². The number of benzene rings is 1. The highest BCUT2D eigenvalue weighted by Crippen LogP contribution is 2.10. The van der Waals surface area contributed by atoms with E-state index in [1.54, 1.807) is 0 Å². The number of rotatable bonds is 5. The van der Waals surface area contributed by atoms with Gasteiger partial charge in [0.15, 0.2) is 0 Å². The second-order valence-electron chi connectivity index (χ2n) is 3.71. The lowest BCUT2D eigenvalue weighted by atomic mass is 10.1. The molecule has 2 nitrogen and oxygen atoms in total. The Kier molecular flexibility index (Phi) is 4.63. The minimum Gasteiger partial charge on any atom is -0.327 e. The van der Waals surface area contributed by atoms with Crippen molar-refractivity contribution in [1.29, 1.82) is 0 Å². The normalized spacial score (nSPS) is 15.1. The molecule has 0 radical (unpaired) electrons. The van der Waals surface area contributed by atoms with Gasteiger partial charge in [-0.15, -0.1) is 0 Å². The molecule has 0 saturated heterocycles. The van der Waals surface area contributed by atoms with Gasteiger partial charge in [0.05, 0.1) is 0 Å². The molecule has 0 aliphatic carbocycles. The summed E-state index contributed by atoms with van der Waals surface area (Å²) in [6.07, 6.45) is 1.02. The molecule has 2 atom stereocenters. The Morgan fingerprint density at radius 2 is 1.93 bits per heavy atom. The van der Waals surface area contributed by atoms with Crippen molar-refractivity contribution in [2.75, 3.05) is 6.54 Å². The highest BCUT2D eigenvalue weighted by Gasteiger charge is 2.05. The van der Waals surface area contributed by atoms with Crippen molar-refractivity contribution in [2.45, 2.75) is 32.4 Å². The maximum absolute atomic E-state index is 5.84. The minimum atomic E-state index is 0.265. The SMILES string of the molecule is CCC(N)CNC(C)c1ccccc1. The Hall–Kier alpha value is -0.860. The van der Waals surface area contributed by atoms with Gasteiger partial charge in [0.1, 0.15) is 0 Å². The molecule has 3 N–H and O–H groups in total. The third-order valence-electron chi connectivity index (χ3n) is 2.51. The van der Waals surface area contributed by atoms with Gasteiger partial charge in [-0.05, 0) is 18.9 Å². The van der Waals surface area contributed by atoms with E-state index in [4.69, 9.17) is 5.73 Å². The fourth-order valence-electron chi connectivity index (χ4n) is 1.33. The number of hydrogen-bond acceptors (Lipinski definition) is 2. The highest BCUT2D eigenvalue weighted by molar-refractivity contribution is 5.17. The van der Waals surface area contributed by atoms with E-state index in [2.05, 4.69) is 43.4 Å². The second kappa shape index (κ2) is 5.78. The van der Waals surface area contributed by atoms with Crippen LogP contribution in [0.25, 0.3) is 0 Å². The van der Waals surface area contributed by atoms with Crippen molar-refractivity contribution in [3.05, 3.63) is 35.9 Å². The van der Waals surface area contributed by atoms with Crippen LogP contribution in [0.15, 0.2) is 30.3 Å². The molecular weight excluding hydrogens is 172 g/mol. The van der Waals surface area contributed by atoms with Gasteiger partial charge in [0.25, 0.3) is 0 Å². The van der Waals surface area contributed by atoms with E-state index in [-0.39, 0.29) is 6.04 Å². The minimum absolute atomic E-state index is 0.265. The molecule has 0 bridgehead atoms. The van der Waals surface area contributed by atoms with Crippen molar-refractivity contribution in [3.8, 4) is 0 Å². The number of nitrogens with two attached hydrogens (primary N) is 1. The molecule has 0 aromatic heterocycles. The quantitative estimate of drug-likeness (QED) is 0.749. The zero-order chi connectivity index (χ0) is 10.4. The summed E-state index contributed by atoms with van der Waals surface area (Å²) in [5, 5.41) is 3.42. The van der Waals surface area contributed by atoms with Crippen LogP contribution >= 0.6 is 0 Å². The van der Waals surface area contributed by atoms with Crippen LogP contribution in [0.4, 0.5) is 0 Å². The molecule has 0 aliphatic rings. The maximum Gasteiger partial charge on any atom is 0.0292 e. The van der Waals surface area contributed by atoms with E-state index in [0.717, 1.165) is 13.0 Å². The van der Waals surface area contributed by atoms with Crippen LogP contribution in [0.1, 0.15) is 31.9 Å². The monoisotopic (exact) mass is 192 g/mol. The third-order valence-corrected chi connectivity index (χ3v) is 2.51. The Bertz CT molecular complexity index is 246. The molecule has 14 heavy (non-hydrogen) atoms. The van der Waals surface area contributed by atoms with E-state index >= 15 is 0 Å². The first-order valence-corrected chi connectivity index (χ1v) is 5.28. The summed E-state index contributed by atoms with van der Waals surface area (Å²) in [6, 6.07) is 11.1. The fourth-order valence-corrected chi connectivity index (χ4v) is 1.33. The van der Waals surface area contributed by atoms with Crippen molar-refractivity contribution in [3.63, 3.8) is 0 Å². The summed E-state index contributed by atoms with van der Waals surface area (Å²) in [7, 11) is 0. The predicted octanol–water partition coefficient (Wildman–Crippen LogP) is 2.07. The Morgan fingerprint density at radius 3 is 2.50 bits per heavy atom. The lowest BCUT2D eigenvalue weighted by molar-refractivity contribution is 0.508. The molecule has 1 rings (SSSR count). The summed E-state index contributed by atoms with van der Waals surface area (Å²) in [6.45, 7) is 5.16. The van der Waals surface area contributed by atoms with Gasteiger partial charge >= 0.3 is 0 Å². The summed E-state index contributed by atoms with van der Waals surface area (Å²) >= 11 is 0. The molecule has 0 fully saturated rings. The molecule has 1 aromatic carbocycles. The molecule has 2 unspecified atom stereocenters. The lowest BCUT2D eigenvalue weighted by Crippen LogP contribution is -2.34. The van der Waals surface area contributed by atoms with Crippen LogP contribution < -0.4 is 11.1 Å². The van der Waals surface area contributed by atoms with Crippen LogP contribution in [0, 0.1) is 0 Å². The Labute approximate surface area is 86.5 Å². The molecule has 2 heteroatoms. The molecule has 1 aromatic rings. The number of hydrogen-bond donors (Lipinski definition) is 2. The van der Waals surface area contributed by atoms with Crippen LogP contribution in [0.2, 0.25) is 0 Å². The van der Waals surface area contributed by atoms with Gasteiger partial charge in [-0.3, -0.25) is 0 Å². The first kappa shape index (κ1) is 11.2. The van der Waals surface area contributed by atoms with E-state index in [1.165, 1.54) is 5.56 Å². The predicted molar refractivity (Wildman–Crippen MR) is 61.1 cm³/mol. The highest BCUT2D eigenvalue weighted by atomic mass is 14.9. The van der Waals surface area contributed by atoms with Crippen LogP contribution in [-0.2, 0) is 0 Å². The van der Waals surface area contributed by atoms with Crippen LogP contribution in [0.3, 0.4) is 0 Å². The van der Waals surface area contributed by atoms with E-state index in [0.29, 0.717) is 6.04 Å². The van der Waals surface area contributed by atoms with Gasteiger partial charge in [-0.2, -0.15) is 0 Å². The van der Waals surface area contributed by atoms with Gasteiger partial charge in [-0.1, -0.05) is 37.3 Å². The summed E-state index contributed by atoms with van der Waals surface area (Å²) in [5.74, 6) is 0. The molecule has 0 spiro atoms. The Morgan fingerprint density at radius 1 is 1.29 bits per heavy atom. The van der Waals surface area contributed by atoms with E-state index in [9.17, 15) is 0 Å². The van der Waals surface area contributed by atoms with Gasteiger partial charge in [-0.25, -0.2) is 0 Å². The summed E-state index contributed by atoms with van der Waals surface area (Å²) in [5.41, 5.74) is 7.15. The molecular formula is C12H20N2. The van der Waals surface area contributed by atoms with Crippen LogP contribution in [-0.4, -0.2) is 12.6 Å². The fraction of sp³-hybridized carbons (Fsp3) is 0.500. The lowest BCUT2D eigenvalue weighted by Gasteiger charge is -2.16. The maximum atomic E-state index is 5.84. The zero-order valence-electron chi connectivity index (χ0n) is 9.03. The average molecular weight is 192 g/mol. The standard InChI is InChI=1S/C12H20N2/c1-3-12(13)9-14-10(2)11-7-5-4-6-8-11/h4-8,10,12,14H,3,9,13H2,1-2H3. The third kappa shape index (κ3) is 3.48. The summed E-state index contributed by atoms with van der Waals surface area (Å²) in [4.78, 5) is 0. The van der Waals surface area contributed by atoms with Crippen molar-refractivity contribution in [2.24, 2.45) is 5.73 Å². The van der Waals surface area contributed by atoms with E-state index < -0.39 is 0 Å². The molecule has 0 heterocycles. The topological polar surface area (TPSA) is 38.0 Å². The van der Waals surface area contributed by atoms with Gasteiger partial charge in [0.2, 0.25) is 0 Å². The molecule has 0 saturated carbocycles. The van der Waals surface area contributed by atoms with Crippen LogP contribution in [0.5, 0.6) is 0 Å². The van der Waals surface area contributed by atoms with Gasteiger partial charge < -0.3 is 11.1 Å². The second-order valence-corrected chi connectivity index (χ2v) is 3.71. The molecule has 0 amide bonds. The summed E-state index contributed by atoms with van der Waals surface area (Å²) < 4.78 is 0. The average Bonchev–Trinajstić information content (AvgIpc) is 2.26. The molecule has 78 valence electrons. The van der Waals surface area contributed by atoms with E-state index in [1.807, 2.05) is 6.07 Å².